The zero-order valence-corrected chi connectivity index (χ0v) is 17.6. The maximum Gasteiger partial charge on any atom is 0.231 e. The number of fused-ring (bicyclic) bond motifs is 1. The van der Waals surface area contributed by atoms with Crippen molar-refractivity contribution in [2.75, 3.05) is 25.2 Å². The molecule has 0 spiro atoms. The van der Waals surface area contributed by atoms with Crippen molar-refractivity contribution >= 4 is 23.3 Å². The standard InChI is InChI=1S/C24H26N2O5/c1-16(27)19-13-21-22(31-15-30-21)14-20(19)25-23(28)11-18-7-9-26(10-8-18)24(29)12-17-5-3-2-4-6-17/h2-6,13-14,18H,7-12,15H2,1H3,(H,25,28). The SMILES string of the molecule is CC(=O)c1cc2c(cc1NC(=O)CC1CCN(C(=O)Cc3ccccc3)CC1)OCO2. The van der Waals surface area contributed by atoms with Gasteiger partial charge in [-0.15, -0.1) is 0 Å². The lowest BCUT2D eigenvalue weighted by Crippen LogP contribution is -2.40. The van der Waals surface area contributed by atoms with E-state index in [4.69, 9.17) is 9.47 Å². The highest BCUT2D eigenvalue weighted by atomic mass is 16.7. The topological polar surface area (TPSA) is 84.9 Å². The van der Waals surface area contributed by atoms with Gasteiger partial charge in [0.1, 0.15) is 0 Å². The van der Waals surface area contributed by atoms with Gasteiger partial charge in [0.2, 0.25) is 18.6 Å². The van der Waals surface area contributed by atoms with Gasteiger partial charge in [0.05, 0.1) is 12.1 Å². The van der Waals surface area contributed by atoms with Crippen LogP contribution in [0.25, 0.3) is 0 Å². The van der Waals surface area contributed by atoms with E-state index in [1.807, 2.05) is 35.2 Å². The van der Waals surface area contributed by atoms with Crippen LogP contribution < -0.4 is 14.8 Å². The minimum atomic E-state index is -0.154. The lowest BCUT2D eigenvalue weighted by Gasteiger charge is -2.32. The van der Waals surface area contributed by atoms with Crippen molar-refractivity contribution in [3.05, 3.63) is 53.6 Å². The van der Waals surface area contributed by atoms with Crippen molar-refractivity contribution in [3.63, 3.8) is 0 Å². The van der Waals surface area contributed by atoms with Gasteiger partial charge in [0, 0.05) is 31.1 Å². The molecule has 2 aliphatic rings. The smallest absolute Gasteiger partial charge is 0.231 e. The van der Waals surface area contributed by atoms with E-state index in [0.717, 1.165) is 18.4 Å². The van der Waals surface area contributed by atoms with Crippen molar-refractivity contribution in [1.82, 2.24) is 4.90 Å². The number of nitrogens with one attached hydrogen (secondary N) is 1. The number of ether oxygens (including phenoxy) is 2. The molecule has 0 unspecified atom stereocenters. The molecule has 4 rings (SSSR count). The number of carbonyl (C=O) groups excluding carboxylic acids is 3. The molecule has 0 saturated carbocycles. The van der Waals surface area contributed by atoms with Gasteiger partial charge in [-0.2, -0.15) is 0 Å². The van der Waals surface area contributed by atoms with E-state index < -0.39 is 0 Å². The Hall–Kier alpha value is -3.35. The van der Waals surface area contributed by atoms with E-state index in [0.29, 0.717) is 48.7 Å². The summed E-state index contributed by atoms with van der Waals surface area (Å²) in [6.45, 7) is 2.87. The number of hydrogen-bond acceptors (Lipinski definition) is 5. The van der Waals surface area contributed by atoms with Crippen LogP contribution in [0.15, 0.2) is 42.5 Å². The maximum absolute atomic E-state index is 12.6. The molecule has 0 radical (unpaired) electrons. The molecule has 31 heavy (non-hydrogen) atoms. The Morgan fingerprint density at radius 1 is 1.03 bits per heavy atom. The molecule has 1 N–H and O–H groups in total. The first-order valence-corrected chi connectivity index (χ1v) is 10.6. The number of anilines is 1. The summed E-state index contributed by atoms with van der Waals surface area (Å²) in [6, 6.07) is 13.0. The quantitative estimate of drug-likeness (QED) is 0.721. The number of hydrogen-bond donors (Lipinski definition) is 1. The van der Waals surface area contributed by atoms with E-state index in [1.165, 1.54) is 6.92 Å². The summed E-state index contributed by atoms with van der Waals surface area (Å²) in [5.74, 6) is 1.06. The molecular formula is C24H26N2O5. The van der Waals surface area contributed by atoms with Gasteiger partial charge in [-0.1, -0.05) is 30.3 Å². The molecule has 0 bridgehead atoms. The largest absolute Gasteiger partial charge is 0.454 e. The van der Waals surface area contributed by atoms with Crippen molar-refractivity contribution in [3.8, 4) is 11.5 Å². The third-order valence-electron chi connectivity index (χ3n) is 5.81. The molecule has 162 valence electrons. The predicted octanol–water partition coefficient (Wildman–Crippen LogP) is 3.43. The van der Waals surface area contributed by atoms with Gasteiger partial charge in [-0.05, 0) is 37.3 Å². The van der Waals surface area contributed by atoms with Gasteiger partial charge >= 0.3 is 0 Å². The maximum atomic E-state index is 12.6. The number of likely N-dealkylation sites (tertiary alicyclic amines) is 1. The molecule has 1 saturated heterocycles. The highest BCUT2D eigenvalue weighted by Crippen LogP contribution is 2.37. The molecule has 0 aromatic heterocycles. The van der Waals surface area contributed by atoms with Crippen LogP contribution in [-0.4, -0.2) is 42.4 Å². The fraction of sp³-hybridized carbons (Fsp3) is 0.375. The molecule has 2 aliphatic heterocycles. The summed E-state index contributed by atoms with van der Waals surface area (Å²) < 4.78 is 10.7. The average molecular weight is 422 g/mol. The number of rotatable bonds is 6. The second kappa shape index (κ2) is 9.20. The molecule has 7 heteroatoms. The van der Waals surface area contributed by atoms with E-state index in [2.05, 4.69) is 5.32 Å². The number of nitrogens with zero attached hydrogens (tertiary/aromatic N) is 1. The summed E-state index contributed by atoms with van der Waals surface area (Å²) in [6.07, 6.45) is 2.33. The molecule has 1 fully saturated rings. The molecule has 2 heterocycles. The zero-order chi connectivity index (χ0) is 21.8. The van der Waals surface area contributed by atoms with Crippen LogP contribution in [0, 0.1) is 5.92 Å². The Morgan fingerprint density at radius 2 is 1.71 bits per heavy atom. The van der Waals surface area contributed by atoms with E-state index >= 15 is 0 Å². The number of piperidine rings is 1. The van der Waals surface area contributed by atoms with Gasteiger partial charge in [-0.3, -0.25) is 14.4 Å². The van der Waals surface area contributed by atoms with Crippen LogP contribution in [0.4, 0.5) is 5.69 Å². The predicted molar refractivity (Wildman–Crippen MR) is 115 cm³/mol. The van der Waals surface area contributed by atoms with Crippen molar-refractivity contribution in [2.45, 2.75) is 32.6 Å². The fourth-order valence-corrected chi connectivity index (χ4v) is 4.07. The Balaban J connectivity index is 1.30. The number of carbonyl (C=O) groups is 3. The molecule has 2 aromatic rings. The number of Topliss-reactive ketones (excluding diaryl/α,β-unsaturated/α-hetero) is 1. The third-order valence-corrected chi connectivity index (χ3v) is 5.81. The highest BCUT2D eigenvalue weighted by molar-refractivity contribution is 6.04. The fourth-order valence-electron chi connectivity index (χ4n) is 4.07. The van der Waals surface area contributed by atoms with Crippen LogP contribution >= 0.6 is 0 Å². The number of ketones is 1. The first-order chi connectivity index (χ1) is 15.0. The van der Waals surface area contributed by atoms with E-state index in [9.17, 15) is 14.4 Å². The Morgan fingerprint density at radius 3 is 2.39 bits per heavy atom. The van der Waals surface area contributed by atoms with Crippen LogP contribution in [0.1, 0.15) is 42.1 Å². The first kappa shape index (κ1) is 20.9. The molecule has 2 aromatic carbocycles. The number of benzene rings is 2. The molecule has 0 atom stereocenters. The normalized spacial score (nSPS) is 15.6. The van der Waals surface area contributed by atoms with Crippen LogP contribution in [-0.2, 0) is 16.0 Å². The second-order valence-corrected chi connectivity index (χ2v) is 8.05. The van der Waals surface area contributed by atoms with Gasteiger partial charge in [0.15, 0.2) is 17.3 Å². The van der Waals surface area contributed by atoms with Crippen LogP contribution in [0.3, 0.4) is 0 Å². The summed E-state index contributed by atoms with van der Waals surface area (Å²) in [4.78, 5) is 39.0. The Bertz CT molecular complexity index is 981. The minimum absolute atomic E-state index is 0.103. The third kappa shape index (κ3) is 5.05. The zero-order valence-electron chi connectivity index (χ0n) is 17.6. The summed E-state index contributed by atoms with van der Waals surface area (Å²) in [7, 11) is 0. The molecule has 2 amide bonds. The monoisotopic (exact) mass is 422 g/mol. The lowest BCUT2D eigenvalue weighted by molar-refractivity contribution is -0.131. The van der Waals surface area contributed by atoms with Gasteiger partial charge in [0.25, 0.3) is 0 Å². The van der Waals surface area contributed by atoms with E-state index in [1.54, 1.807) is 12.1 Å². The minimum Gasteiger partial charge on any atom is -0.454 e. The lowest BCUT2D eigenvalue weighted by atomic mass is 9.92. The molecule has 0 aliphatic carbocycles. The average Bonchev–Trinajstić information content (AvgIpc) is 3.21. The summed E-state index contributed by atoms with van der Waals surface area (Å²) in [5, 5.41) is 2.86. The van der Waals surface area contributed by atoms with Crippen molar-refractivity contribution in [2.24, 2.45) is 5.92 Å². The first-order valence-electron chi connectivity index (χ1n) is 10.6. The van der Waals surface area contributed by atoms with Gasteiger partial charge in [-0.25, -0.2) is 0 Å². The summed E-state index contributed by atoms with van der Waals surface area (Å²) in [5.41, 5.74) is 1.86. The highest BCUT2D eigenvalue weighted by Gasteiger charge is 2.26. The Labute approximate surface area is 181 Å². The van der Waals surface area contributed by atoms with Crippen molar-refractivity contribution in [1.29, 1.82) is 0 Å². The van der Waals surface area contributed by atoms with E-state index in [-0.39, 0.29) is 30.3 Å². The number of amides is 2. The second-order valence-electron chi connectivity index (χ2n) is 8.05. The van der Waals surface area contributed by atoms with Crippen molar-refractivity contribution < 1.29 is 23.9 Å². The van der Waals surface area contributed by atoms with Gasteiger partial charge < -0.3 is 19.7 Å². The van der Waals surface area contributed by atoms with Crippen LogP contribution in [0.5, 0.6) is 11.5 Å². The molecular weight excluding hydrogens is 396 g/mol. The molecule has 7 nitrogen and oxygen atoms in total. The van der Waals surface area contributed by atoms with Crippen LogP contribution in [0.2, 0.25) is 0 Å². The Kier molecular flexibility index (Phi) is 6.21. The summed E-state index contributed by atoms with van der Waals surface area (Å²) >= 11 is 0.